The van der Waals surface area contributed by atoms with Crippen LogP contribution in [0.5, 0.6) is 11.5 Å². The van der Waals surface area contributed by atoms with Gasteiger partial charge in [-0.25, -0.2) is 19.9 Å². The van der Waals surface area contributed by atoms with Gasteiger partial charge in [-0.2, -0.15) is 0 Å². The third kappa shape index (κ3) is 11.9. The van der Waals surface area contributed by atoms with E-state index in [2.05, 4.69) is 104 Å². The minimum atomic E-state index is -0.672. The molecule has 5 aliphatic heterocycles. The first-order valence-corrected chi connectivity index (χ1v) is 27.2. The van der Waals surface area contributed by atoms with Gasteiger partial charge in [0.25, 0.3) is 0 Å². The molecule has 0 radical (unpaired) electrons. The summed E-state index contributed by atoms with van der Waals surface area (Å²) in [5.74, 6) is 6.23. The highest BCUT2D eigenvalue weighted by Gasteiger charge is 2.46. The molecule has 75 heavy (non-hydrogen) atoms. The number of piperidine rings is 1. The largest absolute Gasteiger partial charge is 0.491 e. The average Bonchev–Trinajstić information content (AvgIpc) is 3.78. The molecule has 0 amide bonds. The van der Waals surface area contributed by atoms with Crippen LogP contribution in [0.1, 0.15) is 49.7 Å². The summed E-state index contributed by atoms with van der Waals surface area (Å²) in [6.45, 7) is 12.2. The Morgan fingerprint density at radius 3 is 2.04 bits per heavy atom. The zero-order chi connectivity index (χ0) is 51.9. The van der Waals surface area contributed by atoms with Crippen LogP contribution in [0.4, 0.5) is 34.6 Å². The topological polar surface area (TPSA) is 181 Å². The second kappa shape index (κ2) is 24.0. The molecular formula is C57H78N12O6. The number of nitrogens with zero attached hydrogens (tertiary/aromatic N) is 9. The number of ether oxygens (including phenoxy) is 4. The molecule has 7 heterocycles. The van der Waals surface area contributed by atoms with E-state index >= 15 is 0 Å². The molecule has 3 aromatic carbocycles. The van der Waals surface area contributed by atoms with Crippen molar-refractivity contribution in [2.75, 3.05) is 151 Å². The predicted octanol–water partition coefficient (Wildman–Crippen LogP) is 5.16. The number of aliphatic hydroxyl groups excluding tert-OH is 2. The van der Waals surface area contributed by atoms with Crippen molar-refractivity contribution >= 4 is 34.6 Å². The van der Waals surface area contributed by atoms with E-state index in [1.54, 1.807) is 0 Å². The van der Waals surface area contributed by atoms with Crippen LogP contribution in [0.25, 0.3) is 22.8 Å². The van der Waals surface area contributed by atoms with Gasteiger partial charge >= 0.3 is 0 Å². The molecule has 5 N–H and O–H groups in total. The van der Waals surface area contributed by atoms with E-state index in [0.29, 0.717) is 42.3 Å². The van der Waals surface area contributed by atoms with Crippen LogP contribution in [0.15, 0.2) is 72.8 Å². The monoisotopic (exact) mass is 1030 g/mol. The molecule has 4 fully saturated rings. The number of aliphatic hydroxyl groups is 2. The molecule has 2 atom stereocenters. The summed E-state index contributed by atoms with van der Waals surface area (Å²) in [6.07, 6.45) is 4.28. The fourth-order valence-electron chi connectivity index (χ4n) is 11.7. The van der Waals surface area contributed by atoms with E-state index in [4.69, 9.17) is 38.9 Å². The Balaban J connectivity index is 0.965. The lowest BCUT2D eigenvalue weighted by Crippen LogP contribution is -2.45. The summed E-state index contributed by atoms with van der Waals surface area (Å²) in [5, 5.41) is 30.8. The van der Waals surface area contributed by atoms with Crippen LogP contribution in [-0.4, -0.2) is 181 Å². The van der Waals surface area contributed by atoms with E-state index in [0.717, 1.165) is 156 Å². The van der Waals surface area contributed by atoms with E-state index in [9.17, 15) is 10.2 Å². The summed E-state index contributed by atoms with van der Waals surface area (Å²) < 4.78 is 24.0. The van der Waals surface area contributed by atoms with Gasteiger partial charge in [0.1, 0.15) is 60.2 Å². The van der Waals surface area contributed by atoms with Crippen molar-refractivity contribution < 1.29 is 29.2 Å². The zero-order valence-corrected chi connectivity index (χ0v) is 44.6. The molecule has 0 aliphatic carbocycles. The maximum atomic E-state index is 10.8. The van der Waals surface area contributed by atoms with E-state index < -0.39 is 12.2 Å². The summed E-state index contributed by atoms with van der Waals surface area (Å²) in [5.41, 5.74) is 6.22. The number of hydrogen-bond acceptors (Lipinski definition) is 18. The molecule has 18 heteroatoms. The van der Waals surface area contributed by atoms with Gasteiger partial charge in [-0.15, -0.1) is 0 Å². The molecule has 4 saturated heterocycles. The van der Waals surface area contributed by atoms with Crippen molar-refractivity contribution in [1.82, 2.24) is 35.9 Å². The highest BCUT2D eigenvalue weighted by atomic mass is 16.5. The summed E-state index contributed by atoms with van der Waals surface area (Å²) in [6, 6.07) is 25.9. The lowest BCUT2D eigenvalue weighted by molar-refractivity contribution is 0.0852. The first-order chi connectivity index (χ1) is 36.6. The van der Waals surface area contributed by atoms with Crippen molar-refractivity contribution in [3.05, 3.63) is 83.9 Å². The van der Waals surface area contributed by atoms with Crippen LogP contribution in [-0.2, 0) is 14.9 Å². The molecule has 2 aromatic heterocycles. The first-order valence-electron chi connectivity index (χ1n) is 27.2. The fraction of sp³-hybridized carbons (Fsp3) is 0.544. The third-order valence-electron chi connectivity index (χ3n) is 16.0. The van der Waals surface area contributed by atoms with Gasteiger partial charge < -0.3 is 69.6 Å². The van der Waals surface area contributed by atoms with Gasteiger partial charge in [0, 0.05) is 157 Å². The van der Waals surface area contributed by atoms with E-state index in [1.807, 2.05) is 44.4 Å². The zero-order valence-electron chi connectivity index (χ0n) is 44.6. The lowest BCUT2D eigenvalue weighted by atomic mass is 9.74. The van der Waals surface area contributed by atoms with Gasteiger partial charge in [-0.1, -0.05) is 30.3 Å². The van der Waals surface area contributed by atoms with Crippen molar-refractivity contribution in [1.29, 1.82) is 0 Å². The minimum absolute atomic E-state index is 0.136. The normalized spacial score (nSPS) is 19.0. The smallest absolute Gasteiger partial charge is 0.164 e. The molecule has 0 saturated carbocycles. The number of anilines is 6. The molecule has 10 rings (SSSR count). The molecule has 1 spiro atoms. The SMILES string of the molecule is CNCC(O)COc1cccc(-c2nc(N3CC4(CCN(c5cc(OCC(O)CNC)cc(-c6nc(N7CCNCC7)c(C)c(N(C)C7CCOCC7)n6)c5)CC4)c4ccccc43)cc(N(C)C3CCOCC3)n2)c1. The van der Waals surface area contributed by atoms with Gasteiger partial charge in [0.15, 0.2) is 11.6 Å². The van der Waals surface area contributed by atoms with Crippen molar-refractivity contribution in [2.45, 2.75) is 75.2 Å². The fourth-order valence-corrected chi connectivity index (χ4v) is 11.7. The average molecular weight is 1030 g/mol. The summed E-state index contributed by atoms with van der Waals surface area (Å²) in [4.78, 5) is 33.3. The maximum Gasteiger partial charge on any atom is 0.164 e. The molecular weight excluding hydrogens is 949 g/mol. The number of aromatic nitrogens is 4. The Kier molecular flexibility index (Phi) is 16.8. The van der Waals surface area contributed by atoms with Crippen molar-refractivity contribution in [3.63, 3.8) is 0 Å². The van der Waals surface area contributed by atoms with E-state index in [1.165, 1.54) is 11.3 Å². The number of likely N-dealkylation sites (N-methyl/N-ethyl adjacent to an activating group) is 2. The van der Waals surface area contributed by atoms with Crippen LogP contribution >= 0.6 is 0 Å². The second-order valence-corrected chi connectivity index (χ2v) is 21.0. The van der Waals surface area contributed by atoms with Gasteiger partial charge in [-0.3, -0.25) is 0 Å². The standard InChI is InChI=1S/C57H78N12O6/c1-39-55(66(5)43-15-27-73-28-16-43)63-54(64-56(39)68-23-19-60-20-24-68)41-29-44(32-48(31-41)75-37-46(71)35-59-3)67-21-17-57(18-22-67)38-69(50-12-7-6-11-49(50)57)52-33-51(65(4)42-13-25-72-26-14-42)61-53(62-52)40-9-8-10-47(30-40)74-36-45(70)34-58-2/h6-12,29-33,42-43,45-46,58-60,70-71H,13-28,34-38H2,1-5H3. The van der Waals surface area contributed by atoms with Crippen LogP contribution in [0, 0.1) is 6.92 Å². The molecule has 5 aliphatic rings. The number of nitrogens with one attached hydrogen (secondary N) is 3. The Labute approximate surface area is 442 Å². The van der Waals surface area contributed by atoms with Crippen LogP contribution in [0.3, 0.4) is 0 Å². The molecule has 2 unspecified atom stereocenters. The highest BCUT2D eigenvalue weighted by molar-refractivity contribution is 5.76. The molecule has 0 bridgehead atoms. The Morgan fingerprint density at radius 2 is 1.35 bits per heavy atom. The highest BCUT2D eigenvalue weighted by Crippen LogP contribution is 2.50. The van der Waals surface area contributed by atoms with Gasteiger partial charge in [0.2, 0.25) is 0 Å². The number of hydrogen-bond donors (Lipinski definition) is 5. The van der Waals surface area contributed by atoms with Gasteiger partial charge in [-0.05, 0) is 95.4 Å². The Morgan fingerprint density at radius 1 is 0.707 bits per heavy atom. The Hall–Kier alpha value is -5.86. The quantitative estimate of drug-likeness (QED) is 0.0732. The van der Waals surface area contributed by atoms with Crippen molar-refractivity contribution in [2.24, 2.45) is 0 Å². The minimum Gasteiger partial charge on any atom is -0.491 e. The summed E-state index contributed by atoms with van der Waals surface area (Å²) in [7, 11) is 7.95. The van der Waals surface area contributed by atoms with Crippen LogP contribution < -0.4 is 49.9 Å². The number of piperazine rings is 1. The first kappa shape index (κ1) is 52.6. The lowest BCUT2D eigenvalue weighted by Gasteiger charge is -2.41. The molecule has 18 nitrogen and oxygen atoms in total. The predicted molar refractivity (Wildman–Crippen MR) is 297 cm³/mol. The molecule has 402 valence electrons. The van der Waals surface area contributed by atoms with Crippen molar-refractivity contribution in [3.8, 4) is 34.3 Å². The number of fused-ring (bicyclic) bond motifs is 2. The van der Waals surface area contributed by atoms with E-state index in [-0.39, 0.29) is 24.7 Å². The number of benzene rings is 3. The van der Waals surface area contributed by atoms with Crippen LogP contribution in [0.2, 0.25) is 0 Å². The number of para-hydroxylation sites is 1. The maximum absolute atomic E-state index is 10.8. The van der Waals surface area contributed by atoms with Gasteiger partial charge in [0.05, 0.1) is 0 Å². The summed E-state index contributed by atoms with van der Waals surface area (Å²) >= 11 is 0. The Bertz CT molecular complexity index is 2690. The second-order valence-electron chi connectivity index (χ2n) is 21.0. The molecule has 5 aromatic rings. The third-order valence-corrected chi connectivity index (χ3v) is 16.0. The number of rotatable bonds is 19.